The van der Waals surface area contributed by atoms with E-state index in [1.807, 2.05) is 5.48 Å². The largest absolute Gasteiger partial charge is 0.291 e. The molecule has 0 radical (unpaired) electrons. The van der Waals surface area contributed by atoms with Crippen LogP contribution < -0.4 is 5.48 Å². The van der Waals surface area contributed by atoms with E-state index in [9.17, 15) is 0 Å². The highest BCUT2D eigenvalue weighted by Gasteiger charge is 1.88. The first-order valence-corrected chi connectivity index (χ1v) is 2.74. The van der Waals surface area contributed by atoms with Gasteiger partial charge < -0.3 is 0 Å². The van der Waals surface area contributed by atoms with Gasteiger partial charge in [0, 0.05) is 0 Å². The Balaban J connectivity index is 2.93. The van der Waals surface area contributed by atoms with Gasteiger partial charge in [-0.2, -0.15) is 0 Å². The molecule has 1 rings (SSSR count). The summed E-state index contributed by atoms with van der Waals surface area (Å²) in [6.45, 7) is 6.61. The molecule has 0 aromatic heterocycles. The van der Waals surface area contributed by atoms with Crippen molar-refractivity contribution in [2.24, 2.45) is 0 Å². The first kappa shape index (κ1) is 6.59. The molecule has 0 aliphatic rings. The molecular weight excluding hydrogens is 128 g/mol. The van der Waals surface area contributed by atoms with Crippen molar-refractivity contribution in [1.82, 2.24) is 0 Å². The van der Waals surface area contributed by atoms with E-state index >= 15 is 0 Å². The van der Waals surface area contributed by atoms with E-state index in [1.54, 1.807) is 24.3 Å². The van der Waals surface area contributed by atoms with Crippen LogP contribution in [0, 0.1) is 6.57 Å². The molecular formula is C7H6N2O. The van der Waals surface area contributed by atoms with Gasteiger partial charge in [0.15, 0.2) is 5.69 Å². The second-order valence-electron chi connectivity index (χ2n) is 1.77. The van der Waals surface area contributed by atoms with Gasteiger partial charge in [0.05, 0.1) is 12.3 Å². The Morgan fingerprint density at radius 1 is 1.30 bits per heavy atom. The maximum Gasteiger partial charge on any atom is 0.187 e. The standard InChI is InChI=1S/C7H6N2O/c1-8-6-2-4-7(9-10)5-3-6/h2-5,9-10H. The first-order chi connectivity index (χ1) is 4.86. The van der Waals surface area contributed by atoms with E-state index in [0.717, 1.165) is 0 Å². The Kier molecular flexibility index (Phi) is 1.88. The topological polar surface area (TPSA) is 36.6 Å². The fraction of sp³-hybridized carbons (Fsp3) is 0. The highest BCUT2D eigenvalue weighted by Crippen LogP contribution is 2.14. The summed E-state index contributed by atoms with van der Waals surface area (Å²) in [6, 6.07) is 6.53. The second kappa shape index (κ2) is 2.85. The van der Waals surface area contributed by atoms with Crippen LogP contribution in [0.5, 0.6) is 0 Å². The van der Waals surface area contributed by atoms with E-state index in [4.69, 9.17) is 11.8 Å². The fourth-order valence-electron chi connectivity index (χ4n) is 0.611. The minimum Gasteiger partial charge on any atom is -0.291 e. The minimum absolute atomic E-state index is 0.569. The van der Waals surface area contributed by atoms with Crippen LogP contribution in [0.1, 0.15) is 0 Å². The van der Waals surface area contributed by atoms with Crippen LogP contribution in [0.4, 0.5) is 11.4 Å². The Hall–Kier alpha value is -1.53. The molecule has 2 N–H and O–H groups in total. The molecule has 0 unspecified atom stereocenters. The third-order valence-electron chi connectivity index (χ3n) is 1.13. The molecule has 0 bridgehead atoms. The molecule has 0 saturated heterocycles. The number of nitrogens with zero attached hydrogens (tertiary/aromatic N) is 1. The summed E-state index contributed by atoms with van der Waals surface area (Å²) in [5.74, 6) is 0. The van der Waals surface area contributed by atoms with Crippen LogP contribution in [-0.2, 0) is 0 Å². The molecule has 0 atom stereocenters. The zero-order valence-electron chi connectivity index (χ0n) is 5.20. The van der Waals surface area contributed by atoms with Gasteiger partial charge in [-0.25, -0.2) is 4.85 Å². The highest BCUT2D eigenvalue weighted by atomic mass is 16.5. The van der Waals surface area contributed by atoms with Gasteiger partial charge in [0.25, 0.3) is 0 Å². The molecule has 50 valence electrons. The number of anilines is 1. The van der Waals surface area contributed by atoms with Crippen LogP contribution in [0.3, 0.4) is 0 Å². The zero-order valence-corrected chi connectivity index (χ0v) is 5.20. The Bertz CT molecular complexity index is 247. The summed E-state index contributed by atoms with van der Waals surface area (Å²) in [4.78, 5) is 3.19. The van der Waals surface area contributed by atoms with E-state index in [2.05, 4.69) is 4.85 Å². The van der Waals surface area contributed by atoms with Crippen molar-refractivity contribution in [2.45, 2.75) is 0 Å². The molecule has 3 nitrogen and oxygen atoms in total. The SMILES string of the molecule is [C-]#[N+]c1ccc(NO)cc1. The third kappa shape index (κ3) is 1.24. The summed E-state index contributed by atoms with van der Waals surface area (Å²) in [7, 11) is 0. The van der Waals surface area contributed by atoms with Crippen LogP contribution in [0.2, 0.25) is 0 Å². The van der Waals surface area contributed by atoms with Gasteiger partial charge in [-0.3, -0.25) is 10.7 Å². The van der Waals surface area contributed by atoms with Crippen LogP contribution in [0.25, 0.3) is 4.85 Å². The second-order valence-corrected chi connectivity index (χ2v) is 1.77. The van der Waals surface area contributed by atoms with Crippen molar-refractivity contribution in [2.75, 3.05) is 5.48 Å². The van der Waals surface area contributed by atoms with Gasteiger partial charge in [0.1, 0.15) is 0 Å². The number of benzene rings is 1. The third-order valence-corrected chi connectivity index (χ3v) is 1.13. The lowest BCUT2D eigenvalue weighted by molar-refractivity contribution is 0.389. The molecule has 0 heterocycles. The molecule has 1 aromatic rings. The maximum absolute atomic E-state index is 8.37. The summed E-state index contributed by atoms with van der Waals surface area (Å²) < 4.78 is 0. The predicted octanol–water partition coefficient (Wildman–Crippen LogP) is 2.04. The lowest BCUT2D eigenvalue weighted by Gasteiger charge is -1.95. The van der Waals surface area contributed by atoms with Crippen LogP contribution in [0.15, 0.2) is 24.3 Å². The van der Waals surface area contributed by atoms with Crippen molar-refractivity contribution in [3.05, 3.63) is 35.7 Å². The normalized spacial score (nSPS) is 8.40. The van der Waals surface area contributed by atoms with Gasteiger partial charge in [0.2, 0.25) is 0 Å². The molecule has 0 amide bonds. The predicted molar refractivity (Wildman–Crippen MR) is 38.1 cm³/mol. The average Bonchev–Trinajstić information content (AvgIpc) is 2.05. The van der Waals surface area contributed by atoms with E-state index < -0.39 is 0 Å². The molecule has 0 aliphatic carbocycles. The molecule has 0 saturated carbocycles. The first-order valence-electron chi connectivity index (χ1n) is 2.74. The maximum atomic E-state index is 8.37. The summed E-state index contributed by atoms with van der Waals surface area (Å²) in [5, 5.41) is 8.37. The smallest absolute Gasteiger partial charge is 0.187 e. The highest BCUT2D eigenvalue weighted by molar-refractivity contribution is 5.52. The van der Waals surface area contributed by atoms with Crippen LogP contribution in [-0.4, -0.2) is 5.21 Å². The Morgan fingerprint density at radius 2 is 1.90 bits per heavy atom. The number of rotatable bonds is 1. The monoisotopic (exact) mass is 134 g/mol. The molecule has 3 heteroatoms. The van der Waals surface area contributed by atoms with Crippen molar-refractivity contribution < 1.29 is 5.21 Å². The molecule has 0 fully saturated rings. The van der Waals surface area contributed by atoms with Gasteiger partial charge >= 0.3 is 0 Å². The van der Waals surface area contributed by atoms with Gasteiger partial charge in [-0.05, 0) is 12.1 Å². The number of hydrogen-bond donors (Lipinski definition) is 2. The lowest BCUT2D eigenvalue weighted by atomic mass is 10.3. The molecule has 1 aromatic carbocycles. The summed E-state index contributed by atoms with van der Waals surface area (Å²) in [5.41, 5.74) is 3.13. The van der Waals surface area contributed by atoms with E-state index in [1.165, 1.54) is 0 Å². The van der Waals surface area contributed by atoms with Crippen molar-refractivity contribution in [3.63, 3.8) is 0 Å². The van der Waals surface area contributed by atoms with Gasteiger partial charge in [-0.1, -0.05) is 12.1 Å². The number of nitrogens with one attached hydrogen (secondary N) is 1. The Labute approximate surface area is 58.7 Å². The summed E-state index contributed by atoms with van der Waals surface area (Å²) >= 11 is 0. The van der Waals surface area contributed by atoms with E-state index in [0.29, 0.717) is 11.4 Å². The minimum atomic E-state index is 0.569. The van der Waals surface area contributed by atoms with Crippen molar-refractivity contribution in [3.8, 4) is 0 Å². The Morgan fingerprint density at radius 3 is 2.30 bits per heavy atom. The average molecular weight is 134 g/mol. The lowest BCUT2D eigenvalue weighted by Crippen LogP contribution is -1.86. The van der Waals surface area contributed by atoms with Crippen LogP contribution >= 0.6 is 0 Å². The van der Waals surface area contributed by atoms with Crippen molar-refractivity contribution in [1.29, 1.82) is 0 Å². The molecule has 0 spiro atoms. The van der Waals surface area contributed by atoms with E-state index in [-0.39, 0.29) is 0 Å². The zero-order chi connectivity index (χ0) is 7.40. The fourth-order valence-corrected chi connectivity index (χ4v) is 0.611. The number of hydrogen-bond acceptors (Lipinski definition) is 2. The van der Waals surface area contributed by atoms with Crippen molar-refractivity contribution >= 4 is 11.4 Å². The van der Waals surface area contributed by atoms with Gasteiger partial charge in [-0.15, -0.1) is 0 Å². The quantitative estimate of drug-likeness (QED) is 0.455. The molecule has 10 heavy (non-hydrogen) atoms. The molecule has 0 aliphatic heterocycles. The summed E-state index contributed by atoms with van der Waals surface area (Å²) in [6.07, 6.45) is 0.